The zero-order valence-corrected chi connectivity index (χ0v) is 14.5. The van der Waals surface area contributed by atoms with Gasteiger partial charge in [-0.15, -0.1) is 0 Å². The third-order valence-corrected chi connectivity index (χ3v) is 4.75. The third-order valence-electron chi connectivity index (χ3n) is 3.85. The summed E-state index contributed by atoms with van der Waals surface area (Å²) in [6, 6.07) is 12.1. The van der Waals surface area contributed by atoms with Gasteiger partial charge in [0.05, 0.1) is 17.0 Å². The van der Waals surface area contributed by atoms with Gasteiger partial charge >= 0.3 is 6.18 Å². The fourth-order valence-electron chi connectivity index (χ4n) is 2.47. The third kappa shape index (κ3) is 3.99. The molecule has 0 radical (unpaired) electrons. The van der Waals surface area contributed by atoms with Gasteiger partial charge in [0.1, 0.15) is 0 Å². The molecule has 0 bridgehead atoms. The summed E-state index contributed by atoms with van der Waals surface area (Å²) in [4.78, 5) is 25.8. The quantitative estimate of drug-likeness (QED) is 0.686. The molecule has 1 aliphatic heterocycles. The van der Waals surface area contributed by atoms with E-state index in [2.05, 4.69) is 0 Å². The van der Waals surface area contributed by atoms with Crippen LogP contribution in [0.2, 0.25) is 0 Å². The van der Waals surface area contributed by atoms with E-state index in [9.17, 15) is 22.8 Å². The molecular formula is C19H14F3NO2S. The molecule has 0 spiro atoms. The van der Waals surface area contributed by atoms with E-state index in [-0.39, 0.29) is 17.0 Å². The second-order valence-electron chi connectivity index (χ2n) is 5.88. The number of imide groups is 1. The lowest BCUT2D eigenvalue weighted by atomic mass is 10.1. The second-order valence-corrected chi connectivity index (χ2v) is 6.87. The van der Waals surface area contributed by atoms with E-state index in [0.29, 0.717) is 0 Å². The molecule has 0 unspecified atom stereocenters. The molecule has 0 saturated carbocycles. The summed E-state index contributed by atoms with van der Waals surface area (Å²) in [6.07, 6.45) is -3.15. The van der Waals surface area contributed by atoms with Crippen LogP contribution >= 0.6 is 11.8 Å². The fourth-order valence-corrected chi connectivity index (χ4v) is 3.31. The van der Waals surface area contributed by atoms with Gasteiger partial charge in [-0.3, -0.25) is 14.5 Å². The minimum Gasteiger partial charge on any atom is -0.268 e. The highest BCUT2D eigenvalue weighted by molar-refractivity contribution is 8.18. The van der Waals surface area contributed by atoms with Crippen molar-refractivity contribution in [1.29, 1.82) is 0 Å². The number of thioether (sulfide) groups is 1. The number of alkyl halides is 3. The Kier molecular flexibility index (Phi) is 4.91. The summed E-state index contributed by atoms with van der Waals surface area (Å²) in [7, 11) is 0. The predicted molar refractivity (Wildman–Crippen MR) is 94.1 cm³/mol. The van der Waals surface area contributed by atoms with Crippen LogP contribution in [0.4, 0.5) is 18.0 Å². The van der Waals surface area contributed by atoms with E-state index in [1.54, 1.807) is 0 Å². The summed E-state index contributed by atoms with van der Waals surface area (Å²) in [5.74, 6) is -0.502. The SMILES string of the molecule is Cc1ccc(CN2C(=O)S/C(=C\c3cccc(C(F)(F)F)c3)C2=O)cc1. The van der Waals surface area contributed by atoms with E-state index in [1.807, 2.05) is 31.2 Å². The van der Waals surface area contributed by atoms with Crippen molar-refractivity contribution in [2.75, 3.05) is 0 Å². The van der Waals surface area contributed by atoms with Gasteiger partial charge in [-0.1, -0.05) is 42.0 Å². The highest BCUT2D eigenvalue weighted by Gasteiger charge is 2.35. The number of rotatable bonds is 3. The second kappa shape index (κ2) is 6.99. The van der Waals surface area contributed by atoms with E-state index in [0.717, 1.165) is 39.9 Å². The van der Waals surface area contributed by atoms with Crippen molar-refractivity contribution >= 4 is 29.0 Å². The molecule has 3 nitrogen and oxygen atoms in total. The van der Waals surface area contributed by atoms with Crippen molar-refractivity contribution in [2.45, 2.75) is 19.6 Å². The maximum Gasteiger partial charge on any atom is 0.416 e. The Bertz CT molecular complexity index is 888. The van der Waals surface area contributed by atoms with Crippen molar-refractivity contribution in [1.82, 2.24) is 4.90 Å². The predicted octanol–water partition coefficient (Wildman–Crippen LogP) is 5.25. The van der Waals surface area contributed by atoms with Crippen molar-refractivity contribution in [2.24, 2.45) is 0 Å². The number of benzene rings is 2. The zero-order chi connectivity index (χ0) is 18.9. The number of aryl methyl sites for hydroxylation is 1. The first-order chi connectivity index (χ1) is 12.2. The van der Waals surface area contributed by atoms with Crippen LogP contribution in [-0.4, -0.2) is 16.0 Å². The average molecular weight is 377 g/mol. The summed E-state index contributed by atoms with van der Waals surface area (Å²) >= 11 is 0.730. The normalized spacial score (nSPS) is 16.6. The lowest BCUT2D eigenvalue weighted by Crippen LogP contribution is -2.27. The number of nitrogens with zero attached hydrogens (tertiary/aromatic N) is 1. The van der Waals surface area contributed by atoms with Gasteiger partial charge in [0.2, 0.25) is 0 Å². The van der Waals surface area contributed by atoms with Gasteiger partial charge in [0.25, 0.3) is 11.1 Å². The number of hydrogen-bond donors (Lipinski definition) is 0. The Morgan fingerprint density at radius 3 is 2.42 bits per heavy atom. The van der Waals surface area contributed by atoms with E-state index in [4.69, 9.17) is 0 Å². The first-order valence-electron chi connectivity index (χ1n) is 7.72. The van der Waals surface area contributed by atoms with Crippen molar-refractivity contribution in [3.8, 4) is 0 Å². The molecule has 1 heterocycles. The van der Waals surface area contributed by atoms with Crippen LogP contribution in [0.3, 0.4) is 0 Å². The highest BCUT2D eigenvalue weighted by Crippen LogP contribution is 2.34. The maximum atomic E-state index is 12.8. The van der Waals surface area contributed by atoms with Crippen LogP contribution in [0.5, 0.6) is 0 Å². The monoisotopic (exact) mass is 377 g/mol. The molecule has 0 aromatic heterocycles. The first kappa shape index (κ1) is 18.3. The summed E-state index contributed by atoms with van der Waals surface area (Å²) < 4.78 is 38.4. The number of carbonyl (C=O) groups is 2. The van der Waals surface area contributed by atoms with Gasteiger partial charge in [0, 0.05) is 0 Å². The molecule has 7 heteroatoms. The topological polar surface area (TPSA) is 37.4 Å². The smallest absolute Gasteiger partial charge is 0.268 e. The van der Waals surface area contributed by atoms with Gasteiger partial charge < -0.3 is 0 Å². The Hall–Kier alpha value is -2.54. The summed E-state index contributed by atoms with van der Waals surface area (Å²) in [5, 5.41) is -0.436. The van der Waals surface area contributed by atoms with Crippen molar-refractivity contribution < 1.29 is 22.8 Å². The van der Waals surface area contributed by atoms with Gasteiger partial charge in [-0.05, 0) is 48.0 Å². The molecule has 0 aliphatic carbocycles. The Balaban J connectivity index is 1.82. The van der Waals surface area contributed by atoms with E-state index >= 15 is 0 Å². The largest absolute Gasteiger partial charge is 0.416 e. The molecule has 2 aromatic carbocycles. The van der Waals surface area contributed by atoms with Crippen LogP contribution in [0, 0.1) is 6.92 Å². The zero-order valence-electron chi connectivity index (χ0n) is 13.7. The Morgan fingerprint density at radius 1 is 1.08 bits per heavy atom. The number of amides is 2. The minimum atomic E-state index is -4.46. The Labute approximate surface area is 152 Å². The molecule has 2 amide bonds. The molecule has 1 fully saturated rings. The standard InChI is InChI=1S/C19H14F3NO2S/c1-12-5-7-13(8-6-12)11-23-17(24)16(26-18(23)25)10-14-3-2-4-15(9-14)19(20,21)22/h2-10H,11H2,1H3/b16-10-. The van der Waals surface area contributed by atoms with Crippen LogP contribution in [-0.2, 0) is 17.5 Å². The molecular weight excluding hydrogens is 363 g/mol. The molecule has 1 aliphatic rings. The van der Waals surface area contributed by atoms with Gasteiger partial charge in [0.15, 0.2) is 0 Å². The molecule has 134 valence electrons. The van der Waals surface area contributed by atoms with E-state index < -0.39 is 22.9 Å². The summed E-state index contributed by atoms with van der Waals surface area (Å²) in [5.41, 5.74) is 1.29. The minimum absolute atomic E-state index is 0.112. The van der Waals surface area contributed by atoms with Crippen molar-refractivity contribution in [3.05, 3.63) is 75.7 Å². The fraction of sp³-hybridized carbons (Fsp3) is 0.158. The molecule has 2 aromatic rings. The number of hydrogen-bond acceptors (Lipinski definition) is 3. The number of halogens is 3. The number of carbonyl (C=O) groups excluding carboxylic acids is 2. The van der Waals surface area contributed by atoms with Crippen LogP contribution < -0.4 is 0 Å². The molecule has 3 rings (SSSR count). The average Bonchev–Trinajstić information content (AvgIpc) is 2.84. The van der Waals surface area contributed by atoms with Crippen LogP contribution in [0.1, 0.15) is 22.3 Å². The van der Waals surface area contributed by atoms with Gasteiger partial charge in [-0.2, -0.15) is 13.2 Å². The lowest BCUT2D eigenvalue weighted by molar-refractivity contribution is -0.137. The van der Waals surface area contributed by atoms with Gasteiger partial charge in [-0.25, -0.2) is 0 Å². The Morgan fingerprint density at radius 2 is 1.77 bits per heavy atom. The van der Waals surface area contributed by atoms with Crippen molar-refractivity contribution in [3.63, 3.8) is 0 Å². The van der Waals surface area contributed by atoms with Crippen LogP contribution in [0.15, 0.2) is 53.4 Å². The molecule has 0 atom stereocenters. The van der Waals surface area contributed by atoms with E-state index in [1.165, 1.54) is 18.2 Å². The summed E-state index contributed by atoms with van der Waals surface area (Å²) in [6.45, 7) is 2.06. The highest BCUT2D eigenvalue weighted by atomic mass is 32.2. The molecule has 1 saturated heterocycles. The first-order valence-corrected chi connectivity index (χ1v) is 8.54. The lowest BCUT2D eigenvalue weighted by Gasteiger charge is -2.12. The molecule has 26 heavy (non-hydrogen) atoms. The van der Waals surface area contributed by atoms with Crippen LogP contribution in [0.25, 0.3) is 6.08 Å². The molecule has 0 N–H and O–H groups in total. The maximum absolute atomic E-state index is 12.8.